The number of nitrogens with two attached hydrogens (primary N) is 1. The number of hydrogen-bond acceptors (Lipinski definition) is 3. The Kier molecular flexibility index (Phi) is 3.07. The Balaban J connectivity index is 1.87. The minimum absolute atomic E-state index is 0.318. The third kappa shape index (κ3) is 2.58. The number of nitrogens with zero attached hydrogens (tertiary/aromatic N) is 3. The van der Waals surface area contributed by atoms with Crippen molar-refractivity contribution in [2.24, 2.45) is 18.7 Å². The zero-order chi connectivity index (χ0) is 10.8. The Morgan fingerprint density at radius 3 is 3.00 bits per heavy atom. The number of aromatic nitrogens is 2. The maximum absolute atomic E-state index is 5.91. The average molecular weight is 208 g/mol. The smallest absolute Gasteiger partial charge is 0.0764 e. The summed E-state index contributed by atoms with van der Waals surface area (Å²) in [5.74, 6) is 0.661. The van der Waals surface area contributed by atoms with Crippen LogP contribution in [0.15, 0.2) is 12.3 Å². The van der Waals surface area contributed by atoms with Crippen molar-refractivity contribution >= 4 is 0 Å². The molecular formula is C11H20N4. The first kappa shape index (κ1) is 10.6. The Morgan fingerprint density at radius 2 is 2.47 bits per heavy atom. The van der Waals surface area contributed by atoms with Gasteiger partial charge in [0.2, 0.25) is 0 Å². The van der Waals surface area contributed by atoms with E-state index in [-0.39, 0.29) is 0 Å². The molecule has 2 atom stereocenters. The highest BCUT2D eigenvalue weighted by Gasteiger charge is 2.25. The molecule has 2 heterocycles. The Labute approximate surface area is 91.1 Å². The molecule has 84 valence electrons. The maximum Gasteiger partial charge on any atom is 0.0764 e. The van der Waals surface area contributed by atoms with E-state index in [1.54, 1.807) is 0 Å². The fourth-order valence-electron chi connectivity index (χ4n) is 2.21. The Hall–Kier alpha value is -0.870. The molecule has 1 aliphatic rings. The highest BCUT2D eigenvalue weighted by atomic mass is 15.3. The van der Waals surface area contributed by atoms with E-state index in [1.807, 2.05) is 17.9 Å². The summed E-state index contributed by atoms with van der Waals surface area (Å²) in [4.78, 5) is 2.44. The maximum atomic E-state index is 5.91. The van der Waals surface area contributed by atoms with Gasteiger partial charge in [0.05, 0.1) is 5.69 Å². The van der Waals surface area contributed by atoms with Gasteiger partial charge < -0.3 is 5.73 Å². The summed E-state index contributed by atoms with van der Waals surface area (Å²) in [5.41, 5.74) is 7.07. The van der Waals surface area contributed by atoms with Gasteiger partial charge in [-0.15, -0.1) is 0 Å². The van der Waals surface area contributed by atoms with E-state index >= 15 is 0 Å². The summed E-state index contributed by atoms with van der Waals surface area (Å²) in [6, 6.07) is 2.40. The van der Waals surface area contributed by atoms with Crippen LogP contribution in [0, 0.1) is 5.92 Å². The third-order valence-electron chi connectivity index (χ3n) is 3.21. The molecule has 0 bridgehead atoms. The van der Waals surface area contributed by atoms with Crippen LogP contribution in [0.4, 0.5) is 0 Å². The summed E-state index contributed by atoms with van der Waals surface area (Å²) in [6.07, 6.45) is 3.22. The molecule has 2 rings (SSSR count). The van der Waals surface area contributed by atoms with Gasteiger partial charge in [-0.2, -0.15) is 5.10 Å². The first-order chi connectivity index (χ1) is 7.15. The van der Waals surface area contributed by atoms with Crippen LogP contribution in [0.5, 0.6) is 0 Å². The van der Waals surface area contributed by atoms with Crippen molar-refractivity contribution in [3.05, 3.63) is 18.0 Å². The fourth-order valence-corrected chi connectivity index (χ4v) is 2.21. The lowest BCUT2D eigenvalue weighted by Crippen LogP contribution is -2.29. The Bertz CT molecular complexity index is 318. The van der Waals surface area contributed by atoms with Gasteiger partial charge in [0.1, 0.15) is 0 Å². The molecule has 0 radical (unpaired) electrons. The summed E-state index contributed by atoms with van der Waals surface area (Å²) in [7, 11) is 1.96. The second kappa shape index (κ2) is 4.33. The molecule has 15 heavy (non-hydrogen) atoms. The number of hydrogen-bond donors (Lipinski definition) is 1. The summed E-state index contributed by atoms with van der Waals surface area (Å²) in [6.45, 7) is 5.34. The molecule has 0 spiro atoms. The summed E-state index contributed by atoms with van der Waals surface area (Å²) >= 11 is 0. The summed E-state index contributed by atoms with van der Waals surface area (Å²) in [5, 5.41) is 4.39. The quantitative estimate of drug-likeness (QED) is 0.791. The number of aryl methyl sites for hydroxylation is 1. The van der Waals surface area contributed by atoms with Crippen molar-refractivity contribution in [2.45, 2.75) is 25.9 Å². The highest BCUT2D eigenvalue weighted by Crippen LogP contribution is 2.19. The van der Waals surface area contributed by atoms with Crippen LogP contribution in [0.2, 0.25) is 0 Å². The van der Waals surface area contributed by atoms with Crippen LogP contribution in [0.25, 0.3) is 0 Å². The van der Waals surface area contributed by atoms with Crippen LogP contribution < -0.4 is 5.73 Å². The molecule has 2 unspecified atom stereocenters. The minimum Gasteiger partial charge on any atom is -0.328 e. The lowest BCUT2D eigenvalue weighted by molar-refractivity contribution is 0.304. The van der Waals surface area contributed by atoms with Crippen molar-refractivity contribution in [3.8, 4) is 0 Å². The molecule has 0 saturated carbocycles. The SMILES string of the molecule is CC(N)C1CCN(Cc2ccn(C)n2)C1. The molecular weight excluding hydrogens is 188 g/mol. The standard InChI is InChI=1S/C11H20N4/c1-9(12)10-3-6-15(7-10)8-11-4-5-14(2)13-11/h4-5,9-10H,3,6-8,12H2,1-2H3. The van der Waals surface area contributed by atoms with Crippen molar-refractivity contribution in [1.29, 1.82) is 0 Å². The fraction of sp³-hybridized carbons (Fsp3) is 0.727. The van der Waals surface area contributed by atoms with E-state index in [0.717, 1.165) is 25.3 Å². The van der Waals surface area contributed by atoms with E-state index in [4.69, 9.17) is 5.73 Å². The number of likely N-dealkylation sites (tertiary alicyclic amines) is 1. The van der Waals surface area contributed by atoms with E-state index in [1.165, 1.54) is 6.42 Å². The highest BCUT2D eigenvalue weighted by molar-refractivity contribution is 4.99. The van der Waals surface area contributed by atoms with Crippen molar-refractivity contribution in [1.82, 2.24) is 14.7 Å². The molecule has 1 aromatic heterocycles. The van der Waals surface area contributed by atoms with Gasteiger partial charge >= 0.3 is 0 Å². The minimum atomic E-state index is 0.318. The van der Waals surface area contributed by atoms with Crippen molar-refractivity contribution < 1.29 is 0 Å². The molecule has 1 fully saturated rings. The average Bonchev–Trinajstić information content (AvgIpc) is 2.76. The van der Waals surface area contributed by atoms with E-state index < -0.39 is 0 Å². The van der Waals surface area contributed by atoms with Gasteiger partial charge in [0, 0.05) is 32.4 Å². The van der Waals surface area contributed by atoms with Crippen molar-refractivity contribution in [3.63, 3.8) is 0 Å². The predicted octanol–water partition coefficient (Wildman–Crippen LogP) is 0.589. The molecule has 1 aromatic rings. The first-order valence-corrected chi connectivity index (χ1v) is 5.61. The zero-order valence-electron chi connectivity index (χ0n) is 9.56. The van der Waals surface area contributed by atoms with Gasteiger partial charge in [-0.1, -0.05) is 0 Å². The van der Waals surface area contributed by atoms with Gasteiger partial charge in [-0.3, -0.25) is 9.58 Å². The van der Waals surface area contributed by atoms with Crippen molar-refractivity contribution in [2.75, 3.05) is 13.1 Å². The lowest BCUT2D eigenvalue weighted by Gasteiger charge is -2.16. The van der Waals surface area contributed by atoms with Crippen LogP contribution in [0.1, 0.15) is 19.0 Å². The second-order valence-corrected chi connectivity index (χ2v) is 4.62. The lowest BCUT2D eigenvalue weighted by atomic mass is 10.0. The van der Waals surface area contributed by atoms with Gasteiger partial charge in [0.25, 0.3) is 0 Å². The van der Waals surface area contributed by atoms with Crippen LogP contribution in [-0.2, 0) is 13.6 Å². The zero-order valence-corrected chi connectivity index (χ0v) is 9.56. The molecule has 2 N–H and O–H groups in total. The Morgan fingerprint density at radius 1 is 1.67 bits per heavy atom. The van der Waals surface area contributed by atoms with Gasteiger partial charge in [-0.05, 0) is 31.9 Å². The second-order valence-electron chi connectivity index (χ2n) is 4.62. The largest absolute Gasteiger partial charge is 0.328 e. The topological polar surface area (TPSA) is 47.1 Å². The summed E-state index contributed by atoms with van der Waals surface area (Å²) < 4.78 is 1.86. The monoisotopic (exact) mass is 208 g/mol. The molecule has 4 nitrogen and oxygen atoms in total. The predicted molar refractivity (Wildman–Crippen MR) is 60.2 cm³/mol. The first-order valence-electron chi connectivity index (χ1n) is 5.61. The van der Waals surface area contributed by atoms with Crippen LogP contribution >= 0.6 is 0 Å². The van der Waals surface area contributed by atoms with E-state index in [0.29, 0.717) is 12.0 Å². The van der Waals surface area contributed by atoms with E-state index in [2.05, 4.69) is 23.0 Å². The molecule has 1 aliphatic heterocycles. The molecule has 0 aliphatic carbocycles. The normalized spacial score (nSPS) is 24.6. The third-order valence-corrected chi connectivity index (χ3v) is 3.21. The van der Waals surface area contributed by atoms with E-state index in [9.17, 15) is 0 Å². The molecule has 0 aromatic carbocycles. The molecule has 1 saturated heterocycles. The van der Waals surface area contributed by atoms with Gasteiger partial charge in [0.15, 0.2) is 0 Å². The number of rotatable bonds is 3. The molecule has 0 amide bonds. The van der Waals surface area contributed by atoms with Crippen LogP contribution in [-0.4, -0.2) is 33.8 Å². The van der Waals surface area contributed by atoms with Gasteiger partial charge in [-0.25, -0.2) is 0 Å². The molecule has 4 heteroatoms. The van der Waals surface area contributed by atoms with Crippen LogP contribution in [0.3, 0.4) is 0 Å².